The van der Waals surface area contributed by atoms with Crippen molar-refractivity contribution in [2.24, 2.45) is 5.92 Å². The minimum absolute atomic E-state index is 0. The van der Waals surface area contributed by atoms with Crippen molar-refractivity contribution in [2.45, 2.75) is 18.9 Å². The molecule has 1 aliphatic carbocycles. The van der Waals surface area contributed by atoms with Gasteiger partial charge in [0.2, 0.25) is 5.75 Å². The van der Waals surface area contributed by atoms with E-state index in [1.54, 1.807) is 40.6 Å². The molecule has 0 bridgehead atoms. The van der Waals surface area contributed by atoms with Crippen molar-refractivity contribution < 1.29 is 50.5 Å². The number of methoxy groups -OCH3 is 4. The predicted molar refractivity (Wildman–Crippen MR) is 135 cm³/mol. The van der Waals surface area contributed by atoms with Gasteiger partial charge in [-0.15, -0.1) is 0 Å². The van der Waals surface area contributed by atoms with Crippen LogP contribution in [0.2, 0.25) is 0 Å². The van der Waals surface area contributed by atoms with Crippen LogP contribution in [0.5, 0.6) is 28.7 Å². The van der Waals surface area contributed by atoms with Crippen LogP contribution < -0.4 is 45.9 Å². The zero-order valence-corrected chi connectivity index (χ0v) is 22.7. The average Bonchev–Trinajstić information content (AvgIpc) is 3.77. The van der Waals surface area contributed by atoms with Gasteiger partial charge < -0.3 is 50.6 Å². The molecule has 1 aliphatic heterocycles. The molecule has 0 radical (unpaired) electrons. The van der Waals surface area contributed by atoms with Gasteiger partial charge in [-0.25, -0.2) is 0 Å². The van der Waals surface area contributed by atoms with Crippen molar-refractivity contribution in [1.82, 2.24) is 0 Å². The molecular formula is C27H37ClN2O7. The molecule has 0 spiro atoms. The van der Waals surface area contributed by atoms with Crippen LogP contribution in [0.1, 0.15) is 12.8 Å². The molecule has 1 saturated carbocycles. The van der Waals surface area contributed by atoms with Crippen molar-refractivity contribution in [2.75, 3.05) is 72.7 Å². The van der Waals surface area contributed by atoms with E-state index in [2.05, 4.69) is 11.0 Å². The Kier molecular flexibility index (Phi) is 10.4. The predicted octanol–water partition coefficient (Wildman–Crippen LogP) is -1.17. The molecule has 2 aromatic carbocycles. The van der Waals surface area contributed by atoms with Crippen molar-refractivity contribution in [3.8, 4) is 28.7 Å². The molecule has 4 rings (SSSR count). The Morgan fingerprint density at radius 2 is 1.57 bits per heavy atom. The Bertz CT molecular complexity index is 1000. The summed E-state index contributed by atoms with van der Waals surface area (Å²) < 4.78 is 33.8. The normalized spacial score (nSPS) is 16.3. The van der Waals surface area contributed by atoms with Crippen molar-refractivity contribution in [3.63, 3.8) is 0 Å². The minimum Gasteiger partial charge on any atom is -1.00 e. The Morgan fingerprint density at radius 3 is 2.14 bits per heavy atom. The monoisotopic (exact) mass is 536 g/mol. The molecular weight excluding hydrogens is 500 g/mol. The molecule has 2 aromatic rings. The topological polar surface area (TPSA) is 80.1 Å². The first-order chi connectivity index (χ1) is 17.6. The fraction of sp³-hybridized carbons (Fsp3) is 0.519. The van der Waals surface area contributed by atoms with E-state index in [0.717, 1.165) is 50.5 Å². The van der Waals surface area contributed by atoms with Crippen LogP contribution in [0.4, 0.5) is 5.69 Å². The van der Waals surface area contributed by atoms with E-state index >= 15 is 0 Å². The standard InChI is InChI=1S/C27H36N2O7.ClH/c1-31-23-8-6-5-7-22(23)29-13-11-28(12-14-29)17-21(36-27(30)19-9-10-19)18-35-20-15-24(32-2)26(34-4)25(16-20)33-3;/h5-8,15-16,19,21H,9-14,17-18H2,1-4H3;1H. The lowest BCUT2D eigenvalue weighted by Crippen LogP contribution is -3.16. The second-order valence-electron chi connectivity index (χ2n) is 9.12. The summed E-state index contributed by atoms with van der Waals surface area (Å²) in [7, 11) is 6.39. The number of quaternary nitrogens is 1. The highest BCUT2D eigenvalue weighted by Crippen LogP contribution is 2.41. The number of hydrogen-bond donors (Lipinski definition) is 1. The molecule has 0 amide bonds. The molecule has 1 saturated heterocycles. The number of halogens is 1. The van der Waals surface area contributed by atoms with E-state index < -0.39 is 0 Å². The lowest BCUT2D eigenvalue weighted by Gasteiger charge is -2.35. The van der Waals surface area contributed by atoms with Crippen molar-refractivity contribution in [3.05, 3.63) is 36.4 Å². The largest absolute Gasteiger partial charge is 1.00 e. The number of piperazine rings is 1. The fourth-order valence-corrected chi connectivity index (χ4v) is 4.52. The SMILES string of the molecule is COc1ccccc1N1CC[NH+](CC(COc2cc(OC)c(OC)c(OC)c2)OC(=O)C2CC2)CC1.[Cl-]. The van der Waals surface area contributed by atoms with Gasteiger partial charge in [0.05, 0.1) is 66.2 Å². The van der Waals surface area contributed by atoms with E-state index in [1.165, 1.54) is 4.90 Å². The summed E-state index contributed by atoms with van der Waals surface area (Å²) in [5, 5.41) is 0. The fourth-order valence-electron chi connectivity index (χ4n) is 4.52. The number of anilines is 1. The summed E-state index contributed by atoms with van der Waals surface area (Å²) in [5.74, 6) is 2.88. The van der Waals surface area contributed by atoms with Crippen LogP contribution >= 0.6 is 0 Å². The van der Waals surface area contributed by atoms with Crippen LogP contribution in [0.25, 0.3) is 0 Å². The summed E-state index contributed by atoms with van der Waals surface area (Å²) in [6, 6.07) is 11.6. The van der Waals surface area contributed by atoms with Gasteiger partial charge in [-0.1, -0.05) is 12.1 Å². The quantitative estimate of drug-likeness (QED) is 0.340. The number of nitrogens with one attached hydrogen (secondary N) is 1. The maximum atomic E-state index is 12.5. The Balaban J connectivity index is 0.00000380. The molecule has 2 aliphatic rings. The van der Waals surface area contributed by atoms with Gasteiger partial charge in [-0.2, -0.15) is 0 Å². The third kappa shape index (κ3) is 7.26. The lowest BCUT2D eigenvalue weighted by molar-refractivity contribution is -0.903. The number of carbonyl (C=O) groups excluding carboxylic acids is 1. The molecule has 37 heavy (non-hydrogen) atoms. The van der Waals surface area contributed by atoms with Gasteiger partial charge in [0.15, 0.2) is 17.6 Å². The second-order valence-corrected chi connectivity index (χ2v) is 9.12. The smallest absolute Gasteiger partial charge is 0.309 e. The summed E-state index contributed by atoms with van der Waals surface area (Å²) in [5.41, 5.74) is 1.11. The Labute approximate surface area is 224 Å². The zero-order chi connectivity index (χ0) is 25.5. The van der Waals surface area contributed by atoms with Crippen LogP contribution in [0.15, 0.2) is 36.4 Å². The minimum atomic E-state index is -0.356. The number of hydrogen-bond acceptors (Lipinski definition) is 8. The summed E-state index contributed by atoms with van der Waals surface area (Å²) >= 11 is 0. The highest BCUT2D eigenvalue weighted by atomic mass is 35.5. The van der Waals surface area contributed by atoms with Crippen molar-refractivity contribution in [1.29, 1.82) is 0 Å². The molecule has 9 nitrogen and oxygen atoms in total. The molecule has 204 valence electrons. The first kappa shape index (κ1) is 28.5. The maximum Gasteiger partial charge on any atom is 0.309 e. The Hall–Kier alpha value is -3.04. The molecule has 2 fully saturated rings. The van der Waals surface area contributed by atoms with Gasteiger partial charge in [0, 0.05) is 12.1 Å². The van der Waals surface area contributed by atoms with E-state index in [1.807, 2.05) is 18.2 Å². The highest BCUT2D eigenvalue weighted by Gasteiger charge is 2.35. The molecule has 0 aromatic heterocycles. The van der Waals surface area contributed by atoms with Crippen LogP contribution in [0.3, 0.4) is 0 Å². The third-order valence-corrected chi connectivity index (χ3v) is 6.68. The average molecular weight is 537 g/mol. The Morgan fingerprint density at radius 1 is 0.946 bits per heavy atom. The van der Waals surface area contributed by atoms with E-state index in [0.29, 0.717) is 29.5 Å². The molecule has 10 heteroatoms. The first-order valence-corrected chi connectivity index (χ1v) is 12.4. The molecule has 1 unspecified atom stereocenters. The maximum absolute atomic E-state index is 12.5. The third-order valence-electron chi connectivity index (χ3n) is 6.68. The van der Waals surface area contributed by atoms with E-state index in [-0.39, 0.29) is 37.0 Å². The number of benzene rings is 2. The van der Waals surface area contributed by atoms with Gasteiger partial charge in [0.1, 0.15) is 24.7 Å². The lowest BCUT2D eigenvalue weighted by atomic mass is 10.2. The number of para-hydroxylation sites is 2. The van der Waals surface area contributed by atoms with Crippen LogP contribution in [-0.4, -0.2) is 79.8 Å². The zero-order valence-electron chi connectivity index (χ0n) is 22.0. The van der Waals surface area contributed by atoms with Gasteiger partial charge >= 0.3 is 5.97 Å². The van der Waals surface area contributed by atoms with Crippen LogP contribution in [-0.2, 0) is 9.53 Å². The van der Waals surface area contributed by atoms with Crippen LogP contribution in [0, 0.1) is 5.92 Å². The second kappa shape index (κ2) is 13.5. The van der Waals surface area contributed by atoms with Gasteiger partial charge in [-0.05, 0) is 25.0 Å². The summed E-state index contributed by atoms with van der Waals surface area (Å²) in [4.78, 5) is 16.2. The molecule has 1 N–H and O–H groups in total. The van der Waals surface area contributed by atoms with Gasteiger partial charge in [0.25, 0.3) is 0 Å². The number of rotatable bonds is 12. The number of nitrogens with zero attached hydrogens (tertiary/aromatic N) is 1. The molecule has 1 heterocycles. The van der Waals surface area contributed by atoms with Crippen molar-refractivity contribution >= 4 is 11.7 Å². The number of esters is 1. The number of ether oxygens (including phenoxy) is 6. The summed E-state index contributed by atoms with van der Waals surface area (Å²) in [6.45, 7) is 4.58. The number of carbonyl (C=O) groups is 1. The summed E-state index contributed by atoms with van der Waals surface area (Å²) in [6.07, 6.45) is 1.46. The van der Waals surface area contributed by atoms with Gasteiger partial charge in [-0.3, -0.25) is 4.79 Å². The molecule has 1 atom stereocenters. The highest BCUT2D eigenvalue weighted by molar-refractivity contribution is 5.75. The van der Waals surface area contributed by atoms with E-state index in [4.69, 9.17) is 28.4 Å². The first-order valence-electron chi connectivity index (χ1n) is 12.4. The van der Waals surface area contributed by atoms with E-state index in [9.17, 15) is 4.79 Å².